The van der Waals surface area contributed by atoms with Crippen LogP contribution in [0.25, 0.3) is 0 Å². The Hall–Kier alpha value is -3.39. The molecule has 1 amide bonds. The predicted molar refractivity (Wildman–Crippen MR) is 114 cm³/mol. The van der Waals surface area contributed by atoms with Gasteiger partial charge in [-0.05, 0) is 36.6 Å². The van der Waals surface area contributed by atoms with Crippen LogP contribution in [0, 0.1) is 5.82 Å². The van der Waals surface area contributed by atoms with Crippen molar-refractivity contribution in [3.63, 3.8) is 0 Å². The van der Waals surface area contributed by atoms with E-state index in [1.165, 1.54) is 12.3 Å². The summed E-state index contributed by atoms with van der Waals surface area (Å²) in [7, 11) is 0. The van der Waals surface area contributed by atoms with Crippen LogP contribution in [0.3, 0.4) is 0 Å². The van der Waals surface area contributed by atoms with E-state index >= 15 is 0 Å². The third-order valence-corrected chi connectivity index (χ3v) is 5.72. The number of ether oxygens (including phenoxy) is 2. The monoisotopic (exact) mass is 437 g/mol. The summed E-state index contributed by atoms with van der Waals surface area (Å²) in [5.74, 6) is 1.47. The molecule has 1 fully saturated rings. The fourth-order valence-corrected chi connectivity index (χ4v) is 4.09. The van der Waals surface area contributed by atoms with Gasteiger partial charge < -0.3 is 18.8 Å². The summed E-state index contributed by atoms with van der Waals surface area (Å²) in [5.41, 5.74) is 1.88. The maximum absolute atomic E-state index is 14.3. The molecule has 2 aromatic carbocycles. The van der Waals surface area contributed by atoms with Crippen molar-refractivity contribution in [2.24, 2.45) is 0 Å². The highest BCUT2D eigenvalue weighted by Gasteiger charge is 2.23. The SMILES string of the molecule is O=C(c1coc(CN(Cc2ccc3c(c2)OCO3)Cc2ccccc2F)n1)N1CCCC1. The number of hydrogen-bond acceptors (Lipinski definition) is 6. The van der Waals surface area contributed by atoms with Crippen LogP contribution in [0.5, 0.6) is 11.5 Å². The van der Waals surface area contributed by atoms with Crippen molar-refractivity contribution in [2.75, 3.05) is 19.9 Å². The largest absolute Gasteiger partial charge is 0.454 e. The molecule has 3 heterocycles. The maximum Gasteiger partial charge on any atom is 0.275 e. The number of hydrogen-bond donors (Lipinski definition) is 0. The fraction of sp³-hybridized carbons (Fsp3) is 0.333. The number of fused-ring (bicyclic) bond motifs is 1. The van der Waals surface area contributed by atoms with E-state index in [2.05, 4.69) is 4.98 Å². The van der Waals surface area contributed by atoms with Gasteiger partial charge in [-0.3, -0.25) is 9.69 Å². The van der Waals surface area contributed by atoms with Crippen molar-refractivity contribution in [3.05, 3.63) is 77.3 Å². The molecular formula is C24H24FN3O4. The summed E-state index contributed by atoms with van der Waals surface area (Å²) in [6.45, 7) is 2.93. The first-order chi connectivity index (χ1) is 15.7. The first-order valence-electron chi connectivity index (χ1n) is 10.7. The van der Waals surface area contributed by atoms with E-state index in [1.54, 1.807) is 17.0 Å². The van der Waals surface area contributed by atoms with E-state index < -0.39 is 0 Å². The number of aromatic nitrogens is 1. The maximum atomic E-state index is 14.3. The molecule has 32 heavy (non-hydrogen) atoms. The number of oxazole rings is 1. The molecule has 1 saturated heterocycles. The Kier molecular flexibility index (Phi) is 5.77. The van der Waals surface area contributed by atoms with Gasteiger partial charge in [0.05, 0.1) is 6.54 Å². The molecule has 0 saturated carbocycles. The van der Waals surface area contributed by atoms with Gasteiger partial charge in [0.25, 0.3) is 5.91 Å². The van der Waals surface area contributed by atoms with Crippen LogP contribution in [0.4, 0.5) is 4.39 Å². The van der Waals surface area contributed by atoms with Crippen LogP contribution in [-0.2, 0) is 19.6 Å². The number of carbonyl (C=O) groups excluding carboxylic acids is 1. The van der Waals surface area contributed by atoms with Crippen molar-refractivity contribution in [1.29, 1.82) is 0 Å². The van der Waals surface area contributed by atoms with Crippen LogP contribution in [-0.4, -0.2) is 40.6 Å². The summed E-state index contributed by atoms with van der Waals surface area (Å²) < 4.78 is 30.8. The molecule has 5 rings (SSSR count). The standard InChI is InChI=1S/C24H24FN3O4/c25-19-6-2-1-5-18(19)13-27(12-17-7-8-21-22(11-17)32-16-31-21)14-23-26-20(15-30-23)24(29)28-9-3-4-10-28/h1-2,5-8,11,15H,3-4,9-10,12-14,16H2. The highest BCUT2D eigenvalue weighted by Crippen LogP contribution is 2.33. The van der Waals surface area contributed by atoms with Crippen molar-refractivity contribution in [2.45, 2.75) is 32.5 Å². The summed E-state index contributed by atoms with van der Waals surface area (Å²) >= 11 is 0. The lowest BCUT2D eigenvalue weighted by Gasteiger charge is -2.21. The van der Waals surface area contributed by atoms with Crippen LogP contribution >= 0.6 is 0 Å². The lowest BCUT2D eigenvalue weighted by atomic mass is 10.1. The lowest BCUT2D eigenvalue weighted by molar-refractivity contribution is 0.0787. The molecule has 2 aliphatic heterocycles. The summed E-state index contributed by atoms with van der Waals surface area (Å²) in [6.07, 6.45) is 3.45. The fourth-order valence-electron chi connectivity index (χ4n) is 4.09. The number of amides is 1. The molecule has 8 heteroatoms. The van der Waals surface area contributed by atoms with Gasteiger partial charge in [0, 0.05) is 31.7 Å². The number of rotatable bonds is 7. The molecule has 0 bridgehead atoms. The number of halogens is 1. The normalized spacial score (nSPS) is 15.0. The van der Waals surface area contributed by atoms with Gasteiger partial charge in [0.1, 0.15) is 12.1 Å². The lowest BCUT2D eigenvalue weighted by Crippen LogP contribution is -2.28. The summed E-state index contributed by atoms with van der Waals surface area (Å²) in [4.78, 5) is 20.8. The first-order valence-corrected chi connectivity index (χ1v) is 10.7. The molecule has 166 valence electrons. The summed E-state index contributed by atoms with van der Waals surface area (Å²) in [6, 6.07) is 12.5. The van der Waals surface area contributed by atoms with E-state index in [0.717, 1.165) is 31.5 Å². The Morgan fingerprint density at radius 1 is 1.03 bits per heavy atom. The molecular weight excluding hydrogens is 413 g/mol. The van der Waals surface area contributed by atoms with Gasteiger partial charge >= 0.3 is 0 Å². The molecule has 0 unspecified atom stereocenters. The van der Waals surface area contributed by atoms with E-state index in [0.29, 0.717) is 48.3 Å². The van der Waals surface area contributed by atoms with Gasteiger partial charge in [-0.15, -0.1) is 0 Å². The van der Waals surface area contributed by atoms with E-state index in [9.17, 15) is 9.18 Å². The number of likely N-dealkylation sites (tertiary alicyclic amines) is 1. The minimum atomic E-state index is -0.263. The quantitative estimate of drug-likeness (QED) is 0.557. The minimum absolute atomic E-state index is 0.103. The summed E-state index contributed by atoms with van der Waals surface area (Å²) in [5, 5.41) is 0. The molecule has 1 aromatic heterocycles. The first kappa shape index (κ1) is 20.5. The van der Waals surface area contributed by atoms with Gasteiger partial charge in [-0.2, -0.15) is 0 Å². The number of carbonyl (C=O) groups is 1. The highest BCUT2D eigenvalue weighted by molar-refractivity contribution is 5.92. The second-order valence-electron chi connectivity index (χ2n) is 8.05. The minimum Gasteiger partial charge on any atom is -0.454 e. The molecule has 0 spiro atoms. The zero-order valence-electron chi connectivity index (χ0n) is 17.6. The Labute approximate surface area is 185 Å². The topological polar surface area (TPSA) is 68.0 Å². The zero-order chi connectivity index (χ0) is 21.9. The molecule has 7 nitrogen and oxygen atoms in total. The van der Waals surface area contributed by atoms with Crippen LogP contribution < -0.4 is 9.47 Å². The molecule has 2 aliphatic rings. The molecule has 0 atom stereocenters. The Morgan fingerprint density at radius 2 is 1.84 bits per heavy atom. The Balaban J connectivity index is 1.35. The second-order valence-corrected chi connectivity index (χ2v) is 8.05. The van der Waals surface area contributed by atoms with Crippen LogP contribution in [0.2, 0.25) is 0 Å². The van der Waals surface area contributed by atoms with Crippen molar-refractivity contribution >= 4 is 5.91 Å². The Bertz CT molecular complexity index is 1110. The zero-order valence-corrected chi connectivity index (χ0v) is 17.6. The third kappa shape index (κ3) is 4.45. The van der Waals surface area contributed by atoms with E-state index in [4.69, 9.17) is 13.9 Å². The number of benzene rings is 2. The molecule has 0 aliphatic carbocycles. The van der Waals surface area contributed by atoms with Gasteiger partial charge in [0.15, 0.2) is 17.2 Å². The van der Waals surface area contributed by atoms with Gasteiger partial charge in [0.2, 0.25) is 12.7 Å². The van der Waals surface area contributed by atoms with Crippen molar-refractivity contribution in [3.8, 4) is 11.5 Å². The van der Waals surface area contributed by atoms with E-state index in [-0.39, 0.29) is 18.5 Å². The van der Waals surface area contributed by atoms with Crippen molar-refractivity contribution < 1.29 is 23.1 Å². The Morgan fingerprint density at radius 3 is 2.69 bits per heavy atom. The molecule has 3 aromatic rings. The van der Waals surface area contributed by atoms with E-state index in [1.807, 2.05) is 29.2 Å². The molecule has 0 N–H and O–H groups in total. The smallest absolute Gasteiger partial charge is 0.275 e. The number of nitrogens with zero attached hydrogens (tertiary/aromatic N) is 3. The predicted octanol–water partition coefficient (Wildman–Crippen LogP) is 3.98. The highest BCUT2D eigenvalue weighted by atomic mass is 19.1. The third-order valence-electron chi connectivity index (χ3n) is 5.72. The molecule has 0 radical (unpaired) electrons. The van der Waals surface area contributed by atoms with Crippen LogP contribution in [0.15, 0.2) is 53.1 Å². The average Bonchev–Trinajstić information content (AvgIpc) is 3.56. The van der Waals surface area contributed by atoms with Crippen molar-refractivity contribution in [1.82, 2.24) is 14.8 Å². The van der Waals surface area contributed by atoms with Gasteiger partial charge in [-0.1, -0.05) is 24.3 Å². The average molecular weight is 437 g/mol. The second kappa shape index (κ2) is 9.00. The van der Waals surface area contributed by atoms with Gasteiger partial charge in [-0.25, -0.2) is 9.37 Å². The van der Waals surface area contributed by atoms with Crippen LogP contribution in [0.1, 0.15) is 40.3 Å².